The number of ether oxygens (including phenoxy) is 2. The van der Waals surface area contributed by atoms with Gasteiger partial charge in [-0.2, -0.15) is 0 Å². The molecule has 5 heteroatoms. The molecule has 128 valence electrons. The molecule has 4 nitrogen and oxygen atoms in total. The Morgan fingerprint density at radius 1 is 1.17 bits per heavy atom. The van der Waals surface area contributed by atoms with Crippen molar-refractivity contribution in [3.05, 3.63) is 53.3 Å². The number of rotatable bonds is 6. The van der Waals surface area contributed by atoms with Crippen LogP contribution < -0.4 is 9.47 Å². The quantitative estimate of drug-likeness (QED) is 0.792. The van der Waals surface area contributed by atoms with Gasteiger partial charge in [-0.25, -0.2) is 0 Å². The molecule has 1 aromatic heterocycles. The number of aromatic nitrogens is 1. The maximum absolute atomic E-state index is 6.17. The molecule has 24 heavy (non-hydrogen) atoms. The van der Waals surface area contributed by atoms with Crippen LogP contribution in [-0.4, -0.2) is 41.7 Å². The molecule has 3 rings (SSSR count). The van der Waals surface area contributed by atoms with E-state index in [0.29, 0.717) is 6.61 Å². The Kier molecular flexibility index (Phi) is 5.27. The maximum atomic E-state index is 6.17. The number of likely N-dealkylation sites (tertiary alicyclic amines) is 1. The Balaban J connectivity index is 1.46. The molecular formula is C19H23ClN2O2. The van der Waals surface area contributed by atoms with Gasteiger partial charge in [-0.15, -0.1) is 0 Å². The number of hydrogen-bond acceptors (Lipinski definition) is 4. The van der Waals surface area contributed by atoms with Crippen molar-refractivity contribution >= 4 is 11.6 Å². The summed E-state index contributed by atoms with van der Waals surface area (Å²) in [7, 11) is 0. The summed E-state index contributed by atoms with van der Waals surface area (Å²) < 4.78 is 11.9. The summed E-state index contributed by atoms with van der Waals surface area (Å²) in [5.41, 5.74) is 0.830. The summed E-state index contributed by atoms with van der Waals surface area (Å²) in [4.78, 5) is 6.61. The average molecular weight is 347 g/mol. The van der Waals surface area contributed by atoms with Crippen molar-refractivity contribution in [1.82, 2.24) is 9.88 Å². The van der Waals surface area contributed by atoms with E-state index < -0.39 is 0 Å². The molecule has 0 N–H and O–H groups in total. The third kappa shape index (κ3) is 4.62. The normalized spacial score (nSPS) is 21.0. The highest BCUT2D eigenvalue weighted by Crippen LogP contribution is 2.28. The molecular weight excluding hydrogens is 324 g/mol. The van der Waals surface area contributed by atoms with E-state index in [-0.39, 0.29) is 5.60 Å². The zero-order valence-electron chi connectivity index (χ0n) is 14.2. The first kappa shape index (κ1) is 17.1. The van der Waals surface area contributed by atoms with Crippen molar-refractivity contribution < 1.29 is 9.47 Å². The van der Waals surface area contributed by atoms with Crippen molar-refractivity contribution in [2.75, 3.05) is 26.2 Å². The lowest BCUT2D eigenvalue weighted by Gasteiger charge is -2.26. The Morgan fingerprint density at radius 3 is 2.62 bits per heavy atom. The lowest BCUT2D eigenvalue weighted by Crippen LogP contribution is -2.37. The van der Waals surface area contributed by atoms with Crippen LogP contribution >= 0.6 is 11.6 Å². The molecule has 1 aliphatic heterocycles. The SMILES string of the molecule is Cc1ccc(OCCN2CCC(C)(Oc3ccc(Cl)cc3)C2)cn1. The summed E-state index contributed by atoms with van der Waals surface area (Å²) in [6, 6.07) is 11.5. The Labute approximate surface area is 148 Å². The van der Waals surface area contributed by atoms with Crippen LogP contribution in [0.25, 0.3) is 0 Å². The topological polar surface area (TPSA) is 34.6 Å². The molecule has 1 saturated heterocycles. The van der Waals surface area contributed by atoms with Gasteiger partial charge in [0.15, 0.2) is 0 Å². The van der Waals surface area contributed by atoms with Crippen LogP contribution in [0.2, 0.25) is 5.02 Å². The van der Waals surface area contributed by atoms with Gasteiger partial charge in [0.05, 0.1) is 6.20 Å². The van der Waals surface area contributed by atoms with Gasteiger partial charge in [0.1, 0.15) is 23.7 Å². The van der Waals surface area contributed by atoms with Gasteiger partial charge in [0, 0.05) is 36.8 Å². The van der Waals surface area contributed by atoms with Crippen molar-refractivity contribution in [3.8, 4) is 11.5 Å². The molecule has 1 fully saturated rings. The van der Waals surface area contributed by atoms with E-state index >= 15 is 0 Å². The van der Waals surface area contributed by atoms with Crippen LogP contribution in [0.1, 0.15) is 19.0 Å². The second kappa shape index (κ2) is 7.41. The van der Waals surface area contributed by atoms with Crippen molar-refractivity contribution in [2.45, 2.75) is 25.9 Å². The second-order valence-corrected chi connectivity index (χ2v) is 6.95. The summed E-state index contributed by atoms with van der Waals surface area (Å²) in [6.07, 6.45) is 2.77. The van der Waals surface area contributed by atoms with Gasteiger partial charge >= 0.3 is 0 Å². The summed E-state index contributed by atoms with van der Waals surface area (Å²) >= 11 is 5.92. The molecule has 0 aliphatic carbocycles. The largest absolute Gasteiger partial charge is 0.491 e. The van der Waals surface area contributed by atoms with Gasteiger partial charge in [0.2, 0.25) is 0 Å². The standard InChI is InChI=1S/C19H23ClN2O2/c1-15-3-6-18(13-21-15)23-12-11-22-10-9-19(2,14-22)24-17-7-4-16(20)5-8-17/h3-8,13H,9-12,14H2,1-2H3. The molecule has 1 atom stereocenters. The van der Waals surface area contributed by atoms with Crippen LogP contribution in [0, 0.1) is 6.92 Å². The third-order valence-corrected chi connectivity index (χ3v) is 4.51. The summed E-state index contributed by atoms with van der Waals surface area (Å²) in [5.74, 6) is 1.69. The lowest BCUT2D eigenvalue weighted by molar-refractivity contribution is 0.0935. The first-order valence-electron chi connectivity index (χ1n) is 8.25. The van der Waals surface area contributed by atoms with E-state index in [9.17, 15) is 0 Å². The van der Waals surface area contributed by atoms with Crippen molar-refractivity contribution in [2.24, 2.45) is 0 Å². The Morgan fingerprint density at radius 2 is 1.92 bits per heavy atom. The minimum atomic E-state index is -0.167. The zero-order chi connectivity index (χ0) is 17.0. The molecule has 2 aromatic rings. The molecule has 2 heterocycles. The first-order chi connectivity index (χ1) is 11.5. The fraction of sp³-hybridized carbons (Fsp3) is 0.421. The lowest BCUT2D eigenvalue weighted by atomic mass is 10.1. The Hall–Kier alpha value is -1.78. The van der Waals surface area contributed by atoms with Crippen molar-refractivity contribution in [3.63, 3.8) is 0 Å². The number of halogens is 1. The van der Waals surface area contributed by atoms with Crippen LogP contribution in [0.15, 0.2) is 42.6 Å². The second-order valence-electron chi connectivity index (χ2n) is 6.52. The van der Waals surface area contributed by atoms with Gasteiger partial charge < -0.3 is 9.47 Å². The summed E-state index contributed by atoms with van der Waals surface area (Å²) in [6.45, 7) is 7.57. The number of benzene rings is 1. The maximum Gasteiger partial charge on any atom is 0.137 e. The molecule has 0 saturated carbocycles. The zero-order valence-corrected chi connectivity index (χ0v) is 14.9. The van der Waals surface area contributed by atoms with E-state index in [4.69, 9.17) is 21.1 Å². The molecule has 0 spiro atoms. The van der Waals surface area contributed by atoms with Gasteiger partial charge in [-0.1, -0.05) is 11.6 Å². The highest BCUT2D eigenvalue weighted by Gasteiger charge is 2.35. The van der Waals surface area contributed by atoms with Gasteiger partial charge in [-0.3, -0.25) is 9.88 Å². The van der Waals surface area contributed by atoms with Gasteiger partial charge in [0.25, 0.3) is 0 Å². The molecule has 1 aliphatic rings. The smallest absolute Gasteiger partial charge is 0.137 e. The monoisotopic (exact) mass is 346 g/mol. The Bertz CT molecular complexity index is 660. The third-order valence-electron chi connectivity index (χ3n) is 4.25. The van der Waals surface area contributed by atoms with E-state index in [2.05, 4.69) is 16.8 Å². The number of aryl methyl sites for hydroxylation is 1. The van der Waals surface area contributed by atoms with E-state index in [1.54, 1.807) is 6.20 Å². The first-order valence-corrected chi connectivity index (χ1v) is 8.63. The van der Waals surface area contributed by atoms with E-state index in [1.807, 2.05) is 43.3 Å². The predicted molar refractivity (Wildman–Crippen MR) is 96.0 cm³/mol. The van der Waals surface area contributed by atoms with Crippen molar-refractivity contribution in [1.29, 1.82) is 0 Å². The van der Waals surface area contributed by atoms with Crippen LogP contribution in [0.3, 0.4) is 0 Å². The highest BCUT2D eigenvalue weighted by atomic mass is 35.5. The molecule has 1 aromatic carbocycles. The fourth-order valence-electron chi connectivity index (χ4n) is 2.92. The number of nitrogens with zero attached hydrogens (tertiary/aromatic N) is 2. The molecule has 1 unspecified atom stereocenters. The van der Waals surface area contributed by atoms with Crippen LogP contribution in [-0.2, 0) is 0 Å². The van der Waals surface area contributed by atoms with E-state index in [0.717, 1.165) is 48.3 Å². The van der Waals surface area contributed by atoms with Crippen LogP contribution in [0.4, 0.5) is 0 Å². The molecule has 0 bridgehead atoms. The van der Waals surface area contributed by atoms with Gasteiger partial charge in [-0.05, 0) is 50.2 Å². The summed E-state index contributed by atoms with van der Waals surface area (Å²) in [5, 5.41) is 0.725. The minimum Gasteiger partial charge on any atom is -0.491 e. The predicted octanol–water partition coefficient (Wildman–Crippen LogP) is 3.97. The van der Waals surface area contributed by atoms with E-state index in [1.165, 1.54) is 0 Å². The average Bonchev–Trinajstić information content (AvgIpc) is 2.93. The highest BCUT2D eigenvalue weighted by molar-refractivity contribution is 6.30. The molecule has 0 radical (unpaired) electrons. The minimum absolute atomic E-state index is 0.167. The fourth-order valence-corrected chi connectivity index (χ4v) is 3.05. The molecule has 0 amide bonds. The number of pyridine rings is 1. The number of hydrogen-bond donors (Lipinski definition) is 0. The van der Waals surface area contributed by atoms with Crippen LogP contribution in [0.5, 0.6) is 11.5 Å².